The fourth-order valence-electron chi connectivity index (χ4n) is 3.67. The SMILES string of the molecule is C[C@]12CCO[C@@H]1N(Cc1ccccc1)c1ccccc12. The Morgan fingerprint density at radius 2 is 1.85 bits per heavy atom. The van der Waals surface area contributed by atoms with Gasteiger partial charge in [0.05, 0.1) is 6.61 Å². The Labute approximate surface area is 120 Å². The second-order valence-electron chi connectivity index (χ2n) is 6.02. The fourth-order valence-corrected chi connectivity index (χ4v) is 3.67. The van der Waals surface area contributed by atoms with Crippen molar-refractivity contribution in [3.8, 4) is 0 Å². The molecule has 0 bridgehead atoms. The topological polar surface area (TPSA) is 12.5 Å². The predicted molar refractivity (Wildman–Crippen MR) is 80.8 cm³/mol. The summed E-state index contributed by atoms with van der Waals surface area (Å²) in [4.78, 5) is 2.43. The molecule has 2 aliphatic heterocycles. The normalized spacial score (nSPS) is 27.4. The summed E-state index contributed by atoms with van der Waals surface area (Å²) in [5.74, 6) is 0. The molecule has 0 amide bonds. The monoisotopic (exact) mass is 265 g/mol. The highest BCUT2D eigenvalue weighted by atomic mass is 16.5. The lowest BCUT2D eigenvalue weighted by Crippen LogP contribution is -2.39. The van der Waals surface area contributed by atoms with E-state index in [2.05, 4.69) is 66.4 Å². The van der Waals surface area contributed by atoms with E-state index in [0.29, 0.717) is 0 Å². The molecular formula is C18H19NO. The Morgan fingerprint density at radius 1 is 1.10 bits per heavy atom. The van der Waals surface area contributed by atoms with Crippen LogP contribution in [-0.2, 0) is 16.7 Å². The summed E-state index contributed by atoms with van der Waals surface area (Å²) in [5, 5.41) is 0. The molecule has 2 atom stereocenters. The molecule has 0 radical (unpaired) electrons. The van der Waals surface area contributed by atoms with E-state index >= 15 is 0 Å². The van der Waals surface area contributed by atoms with Crippen molar-refractivity contribution in [2.24, 2.45) is 0 Å². The molecule has 0 aromatic heterocycles. The van der Waals surface area contributed by atoms with E-state index in [9.17, 15) is 0 Å². The first kappa shape index (κ1) is 12.0. The zero-order valence-electron chi connectivity index (χ0n) is 11.8. The molecule has 2 nitrogen and oxygen atoms in total. The van der Waals surface area contributed by atoms with E-state index in [1.165, 1.54) is 16.8 Å². The molecule has 0 N–H and O–H groups in total. The second-order valence-corrected chi connectivity index (χ2v) is 6.02. The van der Waals surface area contributed by atoms with Crippen molar-refractivity contribution in [2.45, 2.75) is 31.5 Å². The number of anilines is 1. The summed E-state index contributed by atoms with van der Waals surface area (Å²) in [6, 6.07) is 19.4. The minimum Gasteiger partial charge on any atom is -0.357 e. The zero-order valence-corrected chi connectivity index (χ0v) is 11.8. The maximum Gasteiger partial charge on any atom is 0.140 e. The number of benzene rings is 2. The van der Waals surface area contributed by atoms with Crippen LogP contribution in [0, 0.1) is 0 Å². The third-order valence-electron chi connectivity index (χ3n) is 4.75. The van der Waals surface area contributed by atoms with Crippen LogP contribution in [0.15, 0.2) is 54.6 Å². The Morgan fingerprint density at radius 3 is 2.70 bits per heavy atom. The Hall–Kier alpha value is -1.80. The smallest absolute Gasteiger partial charge is 0.140 e. The average molecular weight is 265 g/mol. The van der Waals surface area contributed by atoms with E-state index in [4.69, 9.17) is 4.74 Å². The van der Waals surface area contributed by atoms with Gasteiger partial charge in [-0.05, 0) is 23.6 Å². The molecule has 0 saturated carbocycles. The molecule has 2 aromatic carbocycles. The Bertz CT molecular complexity index is 624. The van der Waals surface area contributed by atoms with E-state index in [1.54, 1.807) is 0 Å². The van der Waals surface area contributed by atoms with Gasteiger partial charge >= 0.3 is 0 Å². The van der Waals surface area contributed by atoms with Crippen LogP contribution in [0.25, 0.3) is 0 Å². The minimum absolute atomic E-state index is 0.144. The van der Waals surface area contributed by atoms with E-state index in [-0.39, 0.29) is 11.6 Å². The summed E-state index contributed by atoms with van der Waals surface area (Å²) in [7, 11) is 0. The molecule has 1 fully saturated rings. The lowest BCUT2D eigenvalue weighted by molar-refractivity contribution is 0.0868. The molecule has 2 heteroatoms. The standard InChI is InChI=1S/C18H19NO/c1-18-11-12-20-17(18)19(13-14-7-3-2-4-8-14)16-10-6-5-9-15(16)18/h2-10,17H,11-13H2,1H3/t17-,18+/m0/s1. The summed E-state index contributed by atoms with van der Waals surface area (Å²) in [5.41, 5.74) is 4.26. The molecule has 0 aliphatic carbocycles. The maximum atomic E-state index is 6.07. The number of hydrogen-bond donors (Lipinski definition) is 0. The second kappa shape index (κ2) is 4.35. The van der Waals surface area contributed by atoms with Crippen molar-refractivity contribution >= 4 is 5.69 Å². The first-order valence-corrected chi connectivity index (χ1v) is 7.31. The average Bonchev–Trinajstić information content (AvgIpc) is 2.97. The van der Waals surface area contributed by atoms with E-state index < -0.39 is 0 Å². The van der Waals surface area contributed by atoms with E-state index in [1.807, 2.05) is 0 Å². The van der Waals surface area contributed by atoms with Crippen molar-refractivity contribution in [2.75, 3.05) is 11.5 Å². The molecule has 4 rings (SSSR count). The van der Waals surface area contributed by atoms with Crippen molar-refractivity contribution < 1.29 is 4.74 Å². The summed E-state index contributed by atoms with van der Waals surface area (Å²) < 4.78 is 6.07. The van der Waals surface area contributed by atoms with Gasteiger partial charge in [-0.15, -0.1) is 0 Å². The number of hydrogen-bond acceptors (Lipinski definition) is 2. The highest BCUT2D eigenvalue weighted by molar-refractivity contribution is 5.64. The molecule has 0 unspecified atom stereocenters. The van der Waals surface area contributed by atoms with Gasteiger partial charge in [-0.25, -0.2) is 0 Å². The number of ether oxygens (including phenoxy) is 1. The van der Waals surface area contributed by atoms with Gasteiger partial charge < -0.3 is 9.64 Å². The Kier molecular flexibility index (Phi) is 2.61. The molecule has 2 aromatic rings. The van der Waals surface area contributed by atoms with Crippen LogP contribution >= 0.6 is 0 Å². The zero-order chi connectivity index (χ0) is 13.6. The lowest BCUT2D eigenvalue weighted by atomic mass is 9.82. The highest BCUT2D eigenvalue weighted by Crippen LogP contribution is 2.51. The first-order valence-electron chi connectivity index (χ1n) is 7.31. The van der Waals surface area contributed by atoms with Crippen LogP contribution in [0.4, 0.5) is 5.69 Å². The molecule has 2 heterocycles. The van der Waals surface area contributed by atoms with Gasteiger partial charge in [-0.2, -0.15) is 0 Å². The van der Waals surface area contributed by atoms with Crippen molar-refractivity contribution in [1.29, 1.82) is 0 Å². The quantitative estimate of drug-likeness (QED) is 0.820. The van der Waals surface area contributed by atoms with Crippen molar-refractivity contribution in [1.82, 2.24) is 0 Å². The summed E-state index contributed by atoms with van der Waals surface area (Å²) in [6.45, 7) is 4.12. The van der Waals surface area contributed by atoms with Gasteiger partial charge in [-0.3, -0.25) is 0 Å². The number of nitrogens with zero attached hydrogens (tertiary/aromatic N) is 1. The molecule has 1 saturated heterocycles. The fraction of sp³-hybridized carbons (Fsp3) is 0.333. The van der Waals surface area contributed by atoms with Crippen molar-refractivity contribution in [3.05, 3.63) is 65.7 Å². The van der Waals surface area contributed by atoms with Crippen LogP contribution in [-0.4, -0.2) is 12.8 Å². The van der Waals surface area contributed by atoms with Crippen LogP contribution in [0.1, 0.15) is 24.5 Å². The van der Waals surface area contributed by atoms with Gasteiger partial charge in [0, 0.05) is 17.6 Å². The Balaban J connectivity index is 1.76. The molecule has 0 spiro atoms. The van der Waals surface area contributed by atoms with Gasteiger partial charge in [0.1, 0.15) is 6.23 Å². The van der Waals surface area contributed by atoms with Gasteiger partial charge in [0.2, 0.25) is 0 Å². The largest absolute Gasteiger partial charge is 0.357 e. The first-order chi connectivity index (χ1) is 9.79. The number of fused-ring (bicyclic) bond motifs is 3. The molecule has 102 valence electrons. The van der Waals surface area contributed by atoms with Crippen LogP contribution in [0.2, 0.25) is 0 Å². The predicted octanol–water partition coefficient (Wildman–Crippen LogP) is 3.71. The third-order valence-corrected chi connectivity index (χ3v) is 4.75. The number of rotatable bonds is 2. The number of para-hydroxylation sites is 1. The molecule has 20 heavy (non-hydrogen) atoms. The summed E-state index contributed by atoms with van der Waals surface area (Å²) >= 11 is 0. The lowest BCUT2D eigenvalue weighted by Gasteiger charge is -2.29. The highest BCUT2D eigenvalue weighted by Gasteiger charge is 2.51. The van der Waals surface area contributed by atoms with Gasteiger partial charge in [0.15, 0.2) is 0 Å². The van der Waals surface area contributed by atoms with Gasteiger partial charge in [-0.1, -0.05) is 55.5 Å². The minimum atomic E-state index is 0.144. The van der Waals surface area contributed by atoms with Crippen LogP contribution in [0.5, 0.6) is 0 Å². The van der Waals surface area contributed by atoms with E-state index in [0.717, 1.165) is 19.6 Å². The maximum absolute atomic E-state index is 6.07. The van der Waals surface area contributed by atoms with Crippen LogP contribution in [0.3, 0.4) is 0 Å². The summed E-state index contributed by atoms with van der Waals surface area (Å²) in [6.07, 6.45) is 1.29. The molecular weight excluding hydrogens is 246 g/mol. The van der Waals surface area contributed by atoms with Crippen LogP contribution < -0.4 is 4.90 Å². The van der Waals surface area contributed by atoms with Gasteiger partial charge in [0.25, 0.3) is 0 Å². The molecule has 2 aliphatic rings. The van der Waals surface area contributed by atoms with Crippen molar-refractivity contribution in [3.63, 3.8) is 0 Å². The third kappa shape index (κ3) is 1.61.